The number of aliphatic hydroxyl groups is 1. The summed E-state index contributed by atoms with van der Waals surface area (Å²) < 4.78 is 4.73. The van der Waals surface area contributed by atoms with Crippen molar-refractivity contribution in [3.05, 3.63) is 41.5 Å². The third-order valence-electron chi connectivity index (χ3n) is 1.94. The van der Waals surface area contributed by atoms with Gasteiger partial charge < -0.3 is 15.3 Å². The number of hydrogen-bond acceptors (Lipinski definition) is 4. The maximum atomic E-state index is 11.4. The van der Waals surface area contributed by atoms with Crippen LogP contribution in [0.25, 0.3) is 5.76 Å². The summed E-state index contributed by atoms with van der Waals surface area (Å²) in [6, 6.07) is 8.57. The van der Waals surface area contributed by atoms with Gasteiger partial charge in [0.15, 0.2) is 0 Å². The zero-order valence-corrected chi connectivity index (χ0v) is 8.93. The molecule has 0 aliphatic rings. The highest BCUT2D eigenvalue weighted by molar-refractivity contribution is 6.14. The topological polar surface area (TPSA) is 70.4 Å². The molecule has 0 atom stereocenters. The molecule has 2 N–H and O–H groups in total. The highest BCUT2D eigenvalue weighted by atomic mass is 16.5. The number of aliphatic hydroxyl groups excluding tert-OH is 1. The Labute approximate surface area is 93.7 Å². The van der Waals surface area contributed by atoms with E-state index >= 15 is 0 Å². The molecule has 84 valence electrons. The van der Waals surface area contributed by atoms with Gasteiger partial charge in [-0.1, -0.05) is 30.3 Å². The van der Waals surface area contributed by atoms with Gasteiger partial charge in [0.1, 0.15) is 11.3 Å². The minimum atomic E-state index is -0.696. The van der Waals surface area contributed by atoms with Gasteiger partial charge in [-0.2, -0.15) is 0 Å². The summed E-state index contributed by atoms with van der Waals surface area (Å²) in [6.07, 6.45) is 0.792. The molecule has 0 fully saturated rings. The Bertz CT molecular complexity index is 410. The van der Waals surface area contributed by atoms with E-state index in [4.69, 9.17) is 10.1 Å². The van der Waals surface area contributed by atoms with E-state index in [1.54, 1.807) is 37.3 Å². The maximum Gasteiger partial charge on any atom is 0.343 e. The van der Waals surface area contributed by atoms with Crippen LogP contribution in [0.3, 0.4) is 0 Å². The molecule has 0 amide bonds. The minimum Gasteiger partial charge on any atom is -0.506 e. The van der Waals surface area contributed by atoms with Gasteiger partial charge in [-0.05, 0) is 6.92 Å². The summed E-state index contributed by atoms with van der Waals surface area (Å²) in [6.45, 7) is 1.87. The lowest BCUT2D eigenvalue weighted by Gasteiger charge is -2.05. The zero-order chi connectivity index (χ0) is 12.0. The molecule has 0 aromatic heterocycles. The van der Waals surface area contributed by atoms with Crippen molar-refractivity contribution in [3.8, 4) is 0 Å². The van der Waals surface area contributed by atoms with Crippen molar-refractivity contribution >= 4 is 17.9 Å². The molecule has 16 heavy (non-hydrogen) atoms. The number of carbonyl (C=O) groups is 1. The molecule has 0 aliphatic heterocycles. The predicted octanol–water partition coefficient (Wildman–Crippen LogP) is 2.17. The Morgan fingerprint density at radius 3 is 2.56 bits per heavy atom. The van der Waals surface area contributed by atoms with Gasteiger partial charge in [-0.3, -0.25) is 0 Å². The summed E-state index contributed by atoms with van der Waals surface area (Å²) in [5.41, 5.74) is 0.335. The monoisotopic (exact) mass is 219 g/mol. The Morgan fingerprint density at radius 2 is 2.06 bits per heavy atom. The van der Waals surface area contributed by atoms with Gasteiger partial charge in [0.25, 0.3) is 0 Å². The minimum absolute atomic E-state index is 0.145. The number of rotatable bonds is 4. The van der Waals surface area contributed by atoms with Crippen molar-refractivity contribution < 1.29 is 14.6 Å². The second-order valence-corrected chi connectivity index (χ2v) is 2.99. The van der Waals surface area contributed by atoms with E-state index in [0.29, 0.717) is 5.56 Å². The van der Waals surface area contributed by atoms with E-state index < -0.39 is 5.97 Å². The molecule has 1 rings (SSSR count). The molecule has 1 aromatic rings. The van der Waals surface area contributed by atoms with Crippen LogP contribution in [0.5, 0.6) is 0 Å². The molecule has 0 saturated heterocycles. The van der Waals surface area contributed by atoms with Crippen molar-refractivity contribution in [2.24, 2.45) is 0 Å². The second-order valence-electron chi connectivity index (χ2n) is 2.99. The lowest BCUT2D eigenvalue weighted by atomic mass is 10.1. The maximum absolute atomic E-state index is 11.4. The molecule has 0 spiro atoms. The molecule has 0 unspecified atom stereocenters. The van der Waals surface area contributed by atoms with Crippen LogP contribution < -0.4 is 0 Å². The van der Waals surface area contributed by atoms with Crippen LogP contribution in [-0.2, 0) is 9.53 Å². The Balaban J connectivity index is 3.09. The first-order valence-corrected chi connectivity index (χ1v) is 4.87. The number of nitrogens with one attached hydrogen (secondary N) is 1. The first-order valence-electron chi connectivity index (χ1n) is 4.87. The number of esters is 1. The molecule has 1 aromatic carbocycles. The van der Waals surface area contributed by atoms with E-state index in [9.17, 15) is 9.90 Å². The van der Waals surface area contributed by atoms with Crippen LogP contribution in [0.4, 0.5) is 0 Å². The van der Waals surface area contributed by atoms with Crippen molar-refractivity contribution in [2.45, 2.75) is 6.92 Å². The van der Waals surface area contributed by atoms with Crippen molar-refractivity contribution in [2.75, 3.05) is 6.61 Å². The molecular weight excluding hydrogens is 206 g/mol. The highest BCUT2D eigenvalue weighted by Gasteiger charge is 2.14. The van der Waals surface area contributed by atoms with E-state index in [2.05, 4.69) is 0 Å². The zero-order valence-electron chi connectivity index (χ0n) is 8.93. The van der Waals surface area contributed by atoms with Gasteiger partial charge in [0, 0.05) is 11.8 Å². The number of hydrogen-bond donors (Lipinski definition) is 2. The molecule has 0 aliphatic carbocycles. The lowest BCUT2D eigenvalue weighted by molar-refractivity contribution is -0.137. The fourth-order valence-corrected chi connectivity index (χ4v) is 1.18. The van der Waals surface area contributed by atoms with Crippen LogP contribution in [-0.4, -0.2) is 23.9 Å². The number of benzene rings is 1. The molecule has 0 saturated carbocycles. The van der Waals surface area contributed by atoms with Crippen molar-refractivity contribution in [3.63, 3.8) is 0 Å². The van der Waals surface area contributed by atoms with Gasteiger partial charge in [-0.15, -0.1) is 0 Å². The Kier molecular flexibility index (Phi) is 4.27. The summed E-state index contributed by atoms with van der Waals surface area (Å²) in [5, 5.41) is 16.9. The highest BCUT2D eigenvalue weighted by Crippen LogP contribution is 2.15. The molecular formula is C12H13NO3. The Hall–Kier alpha value is -2.10. The molecule has 4 heteroatoms. The van der Waals surface area contributed by atoms with E-state index in [0.717, 1.165) is 6.21 Å². The number of carbonyl (C=O) groups excluding carboxylic acids is 1. The van der Waals surface area contributed by atoms with E-state index in [-0.39, 0.29) is 17.9 Å². The average Bonchev–Trinajstić information content (AvgIpc) is 2.31. The Morgan fingerprint density at radius 1 is 1.44 bits per heavy atom. The largest absolute Gasteiger partial charge is 0.506 e. The summed E-state index contributed by atoms with van der Waals surface area (Å²) in [5.74, 6) is -0.937. The predicted molar refractivity (Wildman–Crippen MR) is 61.4 cm³/mol. The van der Waals surface area contributed by atoms with Gasteiger partial charge >= 0.3 is 5.97 Å². The van der Waals surface area contributed by atoms with E-state index in [1.165, 1.54) is 0 Å². The summed E-state index contributed by atoms with van der Waals surface area (Å²) >= 11 is 0. The number of ether oxygens (including phenoxy) is 1. The molecule has 4 nitrogen and oxygen atoms in total. The second kappa shape index (κ2) is 5.70. The third-order valence-corrected chi connectivity index (χ3v) is 1.94. The van der Waals surface area contributed by atoms with Crippen LogP contribution in [0.2, 0.25) is 0 Å². The normalized spacial score (nSPS) is 11.6. The first kappa shape index (κ1) is 12.0. The molecule has 0 radical (unpaired) electrons. The third kappa shape index (κ3) is 2.70. The quantitative estimate of drug-likeness (QED) is 0.353. The van der Waals surface area contributed by atoms with Crippen LogP contribution in [0.1, 0.15) is 12.5 Å². The average molecular weight is 219 g/mol. The van der Waals surface area contributed by atoms with Crippen molar-refractivity contribution in [1.29, 1.82) is 5.41 Å². The van der Waals surface area contributed by atoms with Crippen LogP contribution in [0, 0.1) is 5.41 Å². The lowest BCUT2D eigenvalue weighted by Crippen LogP contribution is -2.10. The van der Waals surface area contributed by atoms with Gasteiger partial charge in [-0.25, -0.2) is 4.79 Å². The van der Waals surface area contributed by atoms with Crippen molar-refractivity contribution in [1.82, 2.24) is 0 Å². The van der Waals surface area contributed by atoms with E-state index in [1.807, 2.05) is 0 Å². The SMILES string of the molecule is CCOC(=O)C(C=N)=C(O)c1ccccc1. The molecule has 0 bridgehead atoms. The van der Waals surface area contributed by atoms with Gasteiger partial charge in [0.05, 0.1) is 6.61 Å². The fourth-order valence-electron chi connectivity index (χ4n) is 1.18. The fraction of sp³-hybridized carbons (Fsp3) is 0.167. The molecule has 0 heterocycles. The smallest absolute Gasteiger partial charge is 0.343 e. The first-order chi connectivity index (χ1) is 7.70. The van der Waals surface area contributed by atoms with Gasteiger partial charge in [0.2, 0.25) is 0 Å². The summed E-state index contributed by atoms with van der Waals surface area (Å²) in [7, 11) is 0. The standard InChI is InChI=1S/C12H13NO3/c1-2-16-12(15)10(8-13)11(14)9-6-4-3-5-7-9/h3-8,13-14H,2H2,1H3. The van der Waals surface area contributed by atoms with Crippen LogP contribution >= 0.6 is 0 Å². The van der Waals surface area contributed by atoms with Crippen LogP contribution in [0.15, 0.2) is 35.9 Å². The summed E-state index contributed by atoms with van der Waals surface area (Å²) in [4.78, 5) is 11.4.